The topological polar surface area (TPSA) is 85.9 Å². The predicted molar refractivity (Wildman–Crippen MR) is 122 cm³/mol. The number of piperazine rings is 1. The van der Waals surface area contributed by atoms with Crippen LogP contribution in [-0.2, 0) is 20.9 Å². The Labute approximate surface area is 188 Å². The van der Waals surface area contributed by atoms with Crippen LogP contribution in [0.3, 0.4) is 0 Å². The van der Waals surface area contributed by atoms with E-state index in [0.717, 1.165) is 31.9 Å². The van der Waals surface area contributed by atoms with E-state index in [1.165, 1.54) is 0 Å². The molecule has 0 radical (unpaired) electrons. The lowest BCUT2D eigenvalue weighted by molar-refractivity contribution is -0.137. The van der Waals surface area contributed by atoms with Gasteiger partial charge in [-0.3, -0.25) is 19.3 Å². The van der Waals surface area contributed by atoms with Crippen molar-refractivity contribution in [3.63, 3.8) is 0 Å². The molecule has 0 spiro atoms. The molecule has 9 heteroatoms. The summed E-state index contributed by atoms with van der Waals surface area (Å²) < 4.78 is 0. The SMILES string of the molecule is CC(=O)N1CCN(Cc2cccc(NC(=O)C3CSCN3C(=O)CC(C)(C)C)n2)CC1. The second-order valence-electron chi connectivity index (χ2n) is 9.40. The molecule has 2 aliphatic heterocycles. The van der Waals surface area contributed by atoms with Crippen molar-refractivity contribution in [3.05, 3.63) is 23.9 Å². The third-order valence-electron chi connectivity index (χ3n) is 5.45. The van der Waals surface area contributed by atoms with E-state index in [0.29, 0.717) is 30.4 Å². The number of thioether (sulfide) groups is 1. The van der Waals surface area contributed by atoms with E-state index in [1.54, 1.807) is 29.7 Å². The van der Waals surface area contributed by atoms with Gasteiger partial charge >= 0.3 is 0 Å². The van der Waals surface area contributed by atoms with Gasteiger partial charge in [0, 0.05) is 51.8 Å². The van der Waals surface area contributed by atoms with Gasteiger partial charge in [0.15, 0.2) is 0 Å². The molecule has 0 aliphatic carbocycles. The highest BCUT2D eigenvalue weighted by Gasteiger charge is 2.36. The molecule has 170 valence electrons. The van der Waals surface area contributed by atoms with Crippen LogP contribution >= 0.6 is 11.8 Å². The first-order chi connectivity index (χ1) is 14.6. The molecular weight excluding hydrogens is 414 g/mol. The molecule has 2 saturated heterocycles. The zero-order valence-electron chi connectivity index (χ0n) is 18.9. The van der Waals surface area contributed by atoms with E-state index in [4.69, 9.17) is 0 Å². The molecule has 8 nitrogen and oxygen atoms in total. The number of anilines is 1. The first kappa shape index (κ1) is 23.5. The molecule has 1 atom stereocenters. The van der Waals surface area contributed by atoms with Crippen LogP contribution in [0.15, 0.2) is 18.2 Å². The number of carbonyl (C=O) groups is 3. The second-order valence-corrected chi connectivity index (χ2v) is 10.4. The molecule has 3 heterocycles. The number of nitrogens with zero attached hydrogens (tertiary/aromatic N) is 4. The van der Waals surface area contributed by atoms with Crippen LogP contribution in [0, 0.1) is 5.41 Å². The quantitative estimate of drug-likeness (QED) is 0.743. The second kappa shape index (κ2) is 9.99. The summed E-state index contributed by atoms with van der Waals surface area (Å²) in [6.45, 7) is 11.4. The highest BCUT2D eigenvalue weighted by atomic mass is 32.2. The summed E-state index contributed by atoms with van der Waals surface area (Å²) in [7, 11) is 0. The molecule has 2 aliphatic rings. The summed E-state index contributed by atoms with van der Waals surface area (Å²) in [5, 5.41) is 2.90. The maximum absolute atomic E-state index is 12.9. The molecule has 31 heavy (non-hydrogen) atoms. The number of rotatable bonds is 5. The Kier molecular flexibility index (Phi) is 7.59. The normalized spacial score (nSPS) is 20.1. The number of nitrogens with one attached hydrogen (secondary N) is 1. The Morgan fingerprint density at radius 3 is 2.52 bits per heavy atom. The van der Waals surface area contributed by atoms with Crippen molar-refractivity contribution in [2.75, 3.05) is 43.1 Å². The first-order valence-corrected chi connectivity index (χ1v) is 11.9. The Hall–Kier alpha value is -2.13. The smallest absolute Gasteiger partial charge is 0.249 e. The number of pyridine rings is 1. The van der Waals surface area contributed by atoms with E-state index >= 15 is 0 Å². The summed E-state index contributed by atoms with van der Waals surface area (Å²) in [6.07, 6.45) is 0.419. The van der Waals surface area contributed by atoms with E-state index < -0.39 is 6.04 Å². The van der Waals surface area contributed by atoms with E-state index in [2.05, 4.69) is 15.2 Å². The van der Waals surface area contributed by atoms with Gasteiger partial charge in [-0.1, -0.05) is 26.8 Å². The average molecular weight is 448 g/mol. The highest BCUT2D eigenvalue weighted by molar-refractivity contribution is 7.99. The maximum atomic E-state index is 12.9. The lowest BCUT2D eigenvalue weighted by Gasteiger charge is -2.34. The molecule has 2 fully saturated rings. The van der Waals surface area contributed by atoms with Gasteiger partial charge in [0.2, 0.25) is 17.7 Å². The molecule has 1 N–H and O–H groups in total. The van der Waals surface area contributed by atoms with Crippen molar-refractivity contribution in [2.45, 2.75) is 46.7 Å². The Bertz CT molecular complexity index is 818. The monoisotopic (exact) mass is 447 g/mol. The fourth-order valence-electron chi connectivity index (χ4n) is 3.76. The molecule has 1 aromatic heterocycles. The Balaban J connectivity index is 1.57. The van der Waals surface area contributed by atoms with Crippen LogP contribution in [0.5, 0.6) is 0 Å². The fourth-order valence-corrected chi connectivity index (χ4v) is 4.94. The van der Waals surface area contributed by atoms with Gasteiger partial charge in [0.1, 0.15) is 11.9 Å². The van der Waals surface area contributed by atoms with Gasteiger partial charge in [-0.15, -0.1) is 11.8 Å². The standard InChI is InChI=1S/C22H33N5O3S/c1-16(28)26-10-8-25(9-11-26)13-17-6-5-7-19(23-17)24-21(30)18-14-31-15-27(18)20(29)12-22(2,3)4/h5-7,18H,8-15H2,1-4H3,(H,23,24,30). The number of carbonyl (C=O) groups excluding carboxylic acids is 3. The van der Waals surface area contributed by atoms with Gasteiger partial charge < -0.3 is 15.1 Å². The van der Waals surface area contributed by atoms with Crippen LogP contribution in [0.2, 0.25) is 0 Å². The van der Waals surface area contributed by atoms with E-state index in [-0.39, 0.29) is 23.1 Å². The minimum Gasteiger partial charge on any atom is -0.340 e. The third-order valence-corrected chi connectivity index (χ3v) is 6.46. The summed E-state index contributed by atoms with van der Waals surface area (Å²) in [6, 6.07) is 5.14. The molecule has 0 bridgehead atoms. The van der Waals surface area contributed by atoms with Gasteiger partial charge in [0.05, 0.1) is 11.6 Å². The fraction of sp³-hybridized carbons (Fsp3) is 0.636. The molecule has 3 amide bonds. The zero-order chi connectivity index (χ0) is 22.6. The lowest BCUT2D eigenvalue weighted by Crippen LogP contribution is -2.47. The van der Waals surface area contributed by atoms with Gasteiger partial charge in [-0.2, -0.15) is 0 Å². The predicted octanol–water partition coefficient (Wildman–Crippen LogP) is 2.02. The van der Waals surface area contributed by atoms with Gasteiger partial charge in [0.25, 0.3) is 0 Å². The summed E-state index contributed by atoms with van der Waals surface area (Å²) in [4.78, 5) is 47.4. The number of amides is 3. The minimum absolute atomic E-state index is 0.0177. The summed E-state index contributed by atoms with van der Waals surface area (Å²) >= 11 is 1.60. The van der Waals surface area contributed by atoms with Crippen LogP contribution in [-0.4, -0.2) is 81.3 Å². The third kappa shape index (κ3) is 6.67. The molecule has 1 aromatic rings. The summed E-state index contributed by atoms with van der Waals surface area (Å²) in [5.41, 5.74) is 0.757. The van der Waals surface area contributed by atoms with Crippen molar-refractivity contribution in [2.24, 2.45) is 5.41 Å². The molecule has 0 aromatic carbocycles. The zero-order valence-corrected chi connectivity index (χ0v) is 19.7. The Morgan fingerprint density at radius 2 is 1.87 bits per heavy atom. The van der Waals surface area contributed by atoms with E-state index in [1.807, 2.05) is 37.8 Å². The first-order valence-electron chi connectivity index (χ1n) is 10.7. The maximum Gasteiger partial charge on any atom is 0.249 e. The van der Waals surface area contributed by atoms with Crippen LogP contribution in [0.1, 0.15) is 39.8 Å². The van der Waals surface area contributed by atoms with Crippen molar-refractivity contribution in [3.8, 4) is 0 Å². The highest BCUT2D eigenvalue weighted by Crippen LogP contribution is 2.27. The molecular formula is C22H33N5O3S. The summed E-state index contributed by atoms with van der Waals surface area (Å²) in [5.74, 6) is 1.60. The Morgan fingerprint density at radius 1 is 1.16 bits per heavy atom. The van der Waals surface area contributed by atoms with E-state index in [9.17, 15) is 14.4 Å². The lowest BCUT2D eigenvalue weighted by atomic mass is 9.91. The minimum atomic E-state index is -0.468. The van der Waals surface area contributed by atoms with Gasteiger partial charge in [-0.05, 0) is 17.5 Å². The largest absolute Gasteiger partial charge is 0.340 e. The van der Waals surface area contributed by atoms with Crippen molar-refractivity contribution >= 4 is 35.3 Å². The van der Waals surface area contributed by atoms with Crippen LogP contribution in [0.25, 0.3) is 0 Å². The number of aromatic nitrogens is 1. The van der Waals surface area contributed by atoms with Crippen LogP contribution < -0.4 is 5.32 Å². The van der Waals surface area contributed by atoms with Crippen molar-refractivity contribution in [1.29, 1.82) is 0 Å². The molecule has 1 unspecified atom stereocenters. The average Bonchev–Trinajstić information content (AvgIpc) is 3.18. The van der Waals surface area contributed by atoms with Crippen LogP contribution in [0.4, 0.5) is 5.82 Å². The van der Waals surface area contributed by atoms with Crippen molar-refractivity contribution < 1.29 is 14.4 Å². The van der Waals surface area contributed by atoms with Gasteiger partial charge in [-0.25, -0.2) is 4.98 Å². The molecule has 0 saturated carbocycles. The van der Waals surface area contributed by atoms with Crippen molar-refractivity contribution in [1.82, 2.24) is 19.7 Å². The molecule has 3 rings (SSSR count). The number of hydrogen-bond acceptors (Lipinski definition) is 6. The number of hydrogen-bond donors (Lipinski definition) is 1.